The molecule has 1 saturated carbocycles. The van der Waals surface area contributed by atoms with Gasteiger partial charge in [0.05, 0.1) is 0 Å². The third-order valence-corrected chi connectivity index (χ3v) is 3.15. The summed E-state index contributed by atoms with van der Waals surface area (Å²) >= 11 is 0. The van der Waals surface area contributed by atoms with Gasteiger partial charge in [0.25, 0.3) is 0 Å². The van der Waals surface area contributed by atoms with Gasteiger partial charge in [-0.3, -0.25) is 9.59 Å². The summed E-state index contributed by atoms with van der Waals surface area (Å²) in [4.78, 5) is 24.7. The van der Waals surface area contributed by atoms with Crippen molar-refractivity contribution >= 4 is 17.5 Å². The Balaban J connectivity index is 0.00000162. The molecular formula is C12H15FN2O2. The van der Waals surface area contributed by atoms with Crippen molar-refractivity contribution in [2.75, 3.05) is 11.9 Å². The molecule has 1 aliphatic rings. The van der Waals surface area contributed by atoms with Crippen LogP contribution in [0.3, 0.4) is 0 Å². The minimum atomic E-state index is -1.04. The number of nitrogens with two attached hydrogens (primary N) is 1. The highest BCUT2D eigenvalue weighted by Crippen LogP contribution is 2.47. The number of carbonyl (C=O) groups is 2. The maximum atomic E-state index is 12.7. The second kappa shape index (κ2) is 3.84. The molecule has 2 N–H and O–H groups in total. The fraction of sp³-hybridized carbons (Fsp3) is 0.333. The zero-order valence-electron chi connectivity index (χ0n) is 9.44. The normalized spacial score (nSPS) is 16.4. The number of anilines is 1. The van der Waals surface area contributed by atoms with Gasteiger partial charge in [-0.05, 0) is 37.1 Å². The lowest BCUT2D eigenvalue weighted by Gasteiger charge is -2.21. The molecule has 1 aromatic rings. The third-order valence-electron chi connectivity index (χ3n) is 3.15. The molecule has 0 heterocycles. The van der Waals surface area contributed by atoms with E-state index in [-0.39, 0.29) is 13.2 Å². The molecule has 0 radical (unpaired) electrons. The van der Waals surface area contributed by atoms with Crippen LogP contribution in [-0.2, 0) is 9.59 Å². The molecule has 4 nitrogen and oxygen atoms in total. The average Bonchev–Trinajstić information content (AvgIpc) is 3.09. The number of benzene rings is 1. The Hall–Kier alpha value is -1.91. The van der Waals surface area contributed by atoms with E-state index in [1.807, 2.05) is 0 Å². The first-order valence-corrected chi connectivity index (χ1v) is 5.31. The summed E-state index contributed by atoms with van der Waals surface area (Å²) in [5, 5.41) is 0. The topological polar surface area (TPSA) is 63.4 Å². The van der Waals surface area contributed by atoms with E-state index in [2.05, 4.69) is 0 Å². The van der Waals surface area contributed by atoms with Crippen LogP contribution < -0.4 is 10.6 Å². The number of amides is 2. The highest BCUT2D eigenvalue weighted by molar-refractivity contribution is 6.13. The van der Waals surface area contributed by atoms with Crippen LogP contribution in [0.2, 0.25) is 0 Å². The standard InChI is InChI=1S/C12H13FN2O2.H2/c1-15(9-4-2-8(13)3-5-9)11(17)12(6-7-12)10(14)16;/h2-5H,6-7H2,1H3,(H2,14,16);1H. The van der Waals surface area contributed by atoms with Gasteiger partial charge in [0.2, 0.25) is 11.8 Å². The Kier molecular flexibility index (Phi) is 2.61. The summed E-state index contributed by atoms with van der Waals surface area (Å²) in [5.41, 5.74) is 4.73. The van der Waals surface area contributed by atoms with Crippen molar-refractivity contribution in [3.8, 4) is 0 Å². The highest BCUT2D eigenvalue weighted by atomic mass is 19.1. The number of halogens is 1. The van der Waals surface area contributed by atoms with Crippen molar-refractivity contribution in [2.45, 2.75) is 12.8 Å². The van der Waals surface area contributed by atoms with E-state index in [0.717, 1.165) is 0 Å². The number of carbonyl (C=O) groups excluding carboxylic acids is 2. The average molecular weight is 238 g/mol. The van der Waals surface area contributed by atoms with Gasteiger partial charge in [0.1, 0.15) is 11.2 Å². The summed E-state index contributed by atoms with van der Waals surface area (Å²) < 4.78 is 12.7. The van der Waals surface area contributed by atoms with Gasteiger partial charge in [0.15, 0.2) is 0 Å². The predicted molar refractivity (Wildman–Crippen MR) is 62.8 cm³/mol. The summed E-state index contributed by atoms with van der Waals surface area (Å²) in [7, 11) is 1.55. The van der Waals surface area contributed by atoms with E-state index >= 15 is 0 Å². The minimum absolute atomic E-state index is 0. The molecule has 0 unspecified atom stereocenters. The highest BCUT2D eigenvalue weighted by Gasteiger charge is 2.56. The first-order chi connectivity index (χ1) is 7.97. The molecule has 0 saturated heterocycles. The van der Waals surface area contributed by atoms with E-state index in [1.165, 1.54) is 29.2 Å². The van der Waals surface area contributed by atoms with Gasteiger partial charge in [-0.2, -0.15) is 0 Å². The van der Waals surface area contributed by atoms with Crippen LogP contribution in [0.1, 0.15) is 14.3 Å². The van der Waals surface area contributed by atoms with Crippen LogP contribution in [0.5, 0.6) is 0 Å². The van der Waals surface area contributed by atoms with Crippen LogP contribution >= 0.6 is 0 Å². The first-order valence-electron chi connectivity index (χ1n) is 5.31. The van der Waals surface area contributed by atoms with Gasteiger partial charge in [-0.15, -0.1) is 0 Å². The van der Waals surface area contributed by atoms with Crippen molar-refractivity contribution in [2.24, 2.45) is 11.1 Å². The molecule has 0 atom stereocenters. The monoisotopic (exact) mass is 238 g/mol. The minimum Gasteiger partial charge on any atom is -0.369 e. The number of primary amides is 1. The molecule has 1 fully saturated rings. The first kappa shape index (κ1) is 11.6. The molecule has 2 amide bonds. The summed E-state index contributed by atoms with van der Waals surface area (Å²) in [6.07, 6.45) is 0.986. The third kappa shape index (κ3) is 1.88. The second-order valence-corrected chi connectivity index (χ2v) is 4.29. The van der Waals surface area contributed by atoms with E-state index in [1.54, 1.807) is 7.05 Å². The largest absolute Gasteiger partial charge is 0.369 e. The maximum absolute atomic E-state index is 12.7. The smallest absolute Gasteiger partial charge is 0.242 e. The van der Waals surface area contributed by atoms with E-state index in [9.17, 15) is 14.0 Å². The number of nitrogens with zero attached hydrogens (tertiary/aromatic N) is 1. The zero-order valence-corrected chi connectivity index (χ0v) is 9.44. The molecule has 0 aliphatic heterocycles. The van der Waals surface area contributed by atoms with Crippen molar-refractivity contribution in [3.63, 3.8) is 0 Å². The van der Waals surface area contributed by atoms with Gasteiger partial charge < -0.3 is 10.6 Å². The zero-order chi connectivity index (χ0) is 12.6. The van der Waals surface area contributed by atoms with E-state index in [0.29, 0.717) is 18.5 Å². The second-order valence-electron chi connectivity index (χ2n) is 4.29. The van der Waals surface area contributed by atoms with Crippen LogP contribution in [0, 0.1) is 11.2 Å². The molecule has 92 valence electrons. The van der Waals surface area contributed by atoms with Crippen LogP contribution in [0.4, 0.5) is 10.1 Å². The Morgan fingerprint density at radius 3 is 2.29 bits per heavy atom. The Morgan fingerprint density at radius 2 is 1.88 bits per heavy atom. The molecule has 0 spiro atoms. The molecule has 0 aromatic heterocycles. The van der Waals surface area contributed by atoms with Crippen molar-refractivity contribution < 1.29 is 15.4 Å². The predicted octanol–water partition coefficient (Wildman–Crippen LogP) is 1.30. The maximum Gasteiger partial charge on any atom is 0.242 e. The van der Waals surface area contributed by atoms with E-state index < -0.39 is 11.3 Å². The fourth-order valence-corrected chi connectivity index (χ4v) is 1.79. The molecule has 5 heteroatoms. The molecule has 2 rings (SSSR count). The number of rotatable bonds is 3. The molecular weight excluding hydrogens is 223 g/mol. The Morgan fingerprint density at radius 1 is 1.35 bits per heavy atom. The van der Waals surface area contributed by atoms with E-state index in [4.69, 9.17) is 5.73 Å². The van der Waals surface area contributed by atoms with Crippen molar-refractivity contribution in [1.82, 2.24) is 0 Å². The fourth-order valence-electron chi connectivity index (χ4n) is 1.79. The van der Waals surface area contributed by atoms with Gasteiger partial charge >= 0.3 is 0 Å². The summed E-state index contributed by atoms with van der Waals surface area (Å²) in [6.45, 7) is 0. The molecule has 0 bridgehead atoms. The number of hydrogen-bond donors (Lipinski definition) is 1. The summed E-state index contributed by atoms with van der Waals surface area (Å²) in [5.74, 6) is -1.28. The SMILES string of the molecule is CN(C(=O)C1(C(N)=O)CC1)c1ccc(F)cc1.[HH]. The lowest BCUT2D eigenvalue weighted by molar-refractivity contribution is -0.133. The lowest BCUT2D eigenvalue weighted by Crippen LogP contribution is -2.41. The lowest BCUT2D eigenvalue weighted by atomic mass is 10.0. The van der Waals surface area contributed by atoms with Crippen LogP contribution in [0.25, 0.3) is 0 Å². The summed E-state index contributed by atoms with van der Waals surface area (Å²) in [6, 6.07) is 5.51. The van der Waals surface area contributed by atoms with Crippen LogP contribution in [0.15, 0.2) is 24.3 Å². The van der Waals surface area contributed by atoms with Gasteiger partial charge in [-0.1, -0.05) is 0 Å². The van der Waals surface area contributed by atoms with Crippen molar-refractivity contribution in [3.05, 3.63) is 30.1 Å². The molecule has 1 aromatic carbocycles. The van der Waals surface area contributed by atoms with Gasteiger partial charge in [0, 0.05) is 14.2 Å². The molecule has 1 aliphatic carbocycles. The quantitative estimate of drug-likeness (QED) is 0.807. The Bertz CT molecular complexity index is 471. The Labute approximate surface area is 99.7 Å². The number of hydrogen-bond acceptors (Lipinski definition) is 2. The van der Waals surface area contributed by atoms with Crippen molar-refractivity contribution in [1.29, 1.82) is 0 Å². The van der Waals surface area contributed by atoms with Crippen LogP contribution in [-0.4, -0.2) is 18.9 Å². The molecule has 17 heavy (non-hydrogen) atoms. The van der Waals surface area contributed by atoms with Gasteiger partial charge in [-0.25, -0.2) is 4.39 Å².